The van der Waals surface area contributed by atoms with Gasteiger partial charge in [0, 0.05) is 13.1 Å². The van der Waals surface area contributed by atoms with E-state index in [1.807, 2.05) is 18.4 Å². The van der Waals surface area contributed by atoms with Crippen LogP contribution < -0.4 is 11.1 Å². The van der Waals surface area contributed by atoms with Gasteiger partial charge in [-0.25, -0.2) is 0 Å². The molecule has 0 fully saturated rings. The van der Waals surface area contributed by atoms with E-state index in [0.29, 0.717) is 19.6 Å². The summed E-state index contributed by atoms with van der Waals surface area (Å²) < 4.78 is 1.91. The van der Waals surface area contributed by atoms with Gasteiger partial charge in [0.15, 0.2) is 5.82 Å². The summed E-state index contributed by atoms with van der Waals surface area (Å²) in [7, 11) is 0. The van der Waals surface area contributed by atoms with E-state index in [4.69, 9.17) is 5.73 Å². The Morgan fingerprint density at radius 3 is 2.90 bits per heavy atom. The molecule has 0 saturated carbocycles. The molecule has 8 nitrogen and oxygen atoms in total. The molecule has 20 heavy (non-hydrogen) atoms. The van der Waals surface area contributed by atoms with Gasteiger partial charge in [0.2, 0.25) is 11.8 Å². The third-order valence-corrected chi connectivity index (χ3v) is 3.43. The molecule has 0 aliphatic carbocycles. The zero-order valence-electron chi connectivity index (χ0n) is 11.7. The van der Waals surface area contributed by atoms with Crippen LogP contribution in [0.2, 0.25) is 0 Å². The number of hydrogen-bond donors (Lipinski definition) is 2. The number of carbonyl (C=O) groups excluding carboxylic acids is 2. The monoisotopic (exact) mass is 280 g/mol. The van der Waals surface area contributed by atoms with Gasteiger partial charge >= 0.3 is 0 Å². The molecular formula is C12H20N6O2. The fourth-order valence-corrected chi connectivity index (χ4v) is 1.97. The number of rotatable bonds is 4. The lowest BCUT2D eigenvalue weighted by Crippen LogP contribution is -2.49. The summed E-state index contributed by atoms with van der Waals surface area (Å²) in [5.41, 5.74) is 5.72. The van der Waals surface area contributed by atoms with Gasteiger partial charge in [0.25, 0.3) is 0 Å². The molecule has 110 valence electrons. The van der Waals surface area contributed by atoms with Crippen molar-refractivity contribution < 1.29 is 9.59 Å². The molecular weight excluding hydrogens is 260 g/mol. The second-order valence-corrected chi connectivity index (χ2v) is 5.24. The number of amides is 2. The predicted octanol–water partition coefficient (Wildman–Crippen LogP) is -1.28. The molecule has 1 aromatic heterocycles. The molecule has 0 radical (unpaired) electrons. The maximum absolute atomic E-state index is 12.0. The first-order valence-electron chi connectivity index (χ1n) is 6.66. The molecule has 1 aromatic rings. The Morgan fingerprint density at radius 2 is 2.20 bits per heavy atom. The van der Waals surface area contributed by atoms with Crippen molar-refractivity contribution in [2.75, 3.05) is 13.1 Å². The SMILES string of the molecule is CC(C)[C@H](N)C(=O)NCC(=O)N1CCn2cnnc2C1. The van der Waals surface area contributed by atoms with E-state index in [0.717, 1.165) is 5.82 Å². The summed E-state index contributed by atoms with van der Waals surface area (Å²) in [6.07, 6.45) is 1.65. The number of aromatic nitrogens is 3. The third-order valence-electron chi connectivity index (χ3n) is 3.43. The molecule has 0 spiro atoms. The van der Waals surface area contributed by atoms with Gasteiger partial charge in [-0.05, 0) is 5.92 Å². The molecule has 2 heterocycles. The average Bonchev–Trinajstić information content (AvgIpc) is 2.90. The lowest BCUT2D eigenvalue weighted by atomic mass is 10.1. The summed E-state index contributed by atoms with van der Waals surface area (Å²) in [6, 6.07) is -0.591. The second-order valence-electron chi connectivity index (χ2n) is 5.24. The molecule has 0 unspecified atom stereocenters. The van der Waals surface area contributed by atoms with E-state index in [1.54, 1.807) is 11.2 Å². The minimum Gasteiger partial charge on any atom is -0.346 e. The van der Waals surface area contributed by atoms with Crippen molar-refractivity contribution in [3.05, 3.63) is 12.2 Å². The average molecular weight is 280 g/mol. The van der Waals surface area contributed by atoms with Crippen LogP contribution in [0.4, 0.5) is 0 Å². The van der Waals surface area contributed by atoms with E-state index < -0.39 is 6.04 Å². The van der Waals surface area contributed by atoms with Crippen LogP contribution in [0.1, 0.15) is 19.7 Å². The van der Waals surface area contributed by atoms with Crippen molar-refractivity contribution in [2.24, 2.45) is 11.7 Å². The van der Waals surface area contributed by atoms with Gasteiger partial charge in [-0.3, -0.25) is 9.59 Å². The molecule has 8 heteroatoms. The molecule has 2 amide bonds. The molecule has 1 atom stereocenters. The molecule has 0 aromatic carbocycles. The highest BCUT2D eigenvalue weighted by molar-refractivity contribution is 5.87. The van der Waals surface area contributed by atoms with Crippen LogP contribution in [-0.2, 0) is 22.7 Å². The molecule has 0 saturated heterocycles. The van der Waals surface area contributed by atoms with Crippen molar-refractivity contribution in [2.45, 2.75) is 33.0 Å². The fourth-order valence-electron chi connectivity index (χ4n) is 1.97. The first-order valence-corrected chi connectivity index (χ1v) is 6.66. The normalized spacial score (nSPS) is 15.9. The van der Waals surface area contributed by atoms with Crippen LogP contribution in [0.5, 0.6) is 0 Å². The minimum absolute atomic E-state index is 0.0343. The Bertz CT molecular complexity index is 498. The number of nitrogens with zero attached hydrogens (tertiary/aromatic N) is 4. The summed E-state index contributed by atoms with van der Waals surface area (Å²) in [6.45, 7) is 5.38. The second kappa shape index (κ2) is 6.00. The van der Waals surface area contributed by atoms with Crippen molar-refractivity contribution in [1.29, 1.82) is 0 Å². The van der Waals surface area contributed by atoms with Gasteiger partial charge in [0.05, 0.1) is 19.1 Å². The standard InChI is InChI=1S/C12H20N6O2/c1-8(2)11(13)12(20)14-5-10(19)17-3-4-18-7-15-16-9(18)6-17/h7-8,11H,3-6,13H2,1-2H3,(H,14,20)/t11-/m0/s1. The van der Waals surface area contributed by atoms with Crippen molar-refractivity contribution in [3.8, 4) is 0 Å². The number of fused-ring (bicyclic) bond motifs is 1. The van der Waals surface area contributed by atoms with Gasteiger partial charge in [-0.1, -0.05) is 13.8 Å². The van der Waals surface area contributed by atoms with E-state index in [-0.39, 0.29) is 24.3 Å². The highest BCUT2D eigenvalue weighted by Crippen LogP contribution is 2.08. The van der Waals surface area contributed by atoms with Crippen LogP contribution in [0.25, 0.3) is 0 Å². The zero-order chi connectivity index (χ0) is 14.7. The Morgan fingerprint density at radius 1 is 1.45 bits per heavy atom. The number of carbonyl (C=O) groups is 2. The van der Waals surface area contributed by atoms with Gasteiger partial charge < -0.3 is 20.5 Å². The lowest BCUT2D eigenvalue weighted by molar-refractivity contribution is -0.134. The third kappa shape index (κ3) is 3.13. The van der Waals surface area contributed by atoms with Crippen LogP contribution in [0.3, 0.4) is 0 Å². The summed E-state index contributed by atoms with van der Waals surface area (Å²) in [4.78, 5) is 25.4. The summed E-state index contributed by atoms with van der Waals surface area (Å²) in [5.74, 6) is 0.366. The van der Waals surface area contributed by atoms with Gasteiger partial charge in [-0.2, -0.15) is 0 Å². The van der Waals surface area contributed by atoms with Crippen molar-refractivity contribution >= 4 is 11.8 Å². The Kier molecular flexibility index (Phi) is 4.33. The largest absolute Gasteiger partial charge is 0.346 e. The topological polar surface area (TPSA) is 106 Å². The molecule has 1 aliphatic heterocycles. The predicted molar refractivity (Wildman–Crippen MR) is 71.3 cm³/mol. The fraction of sp³-hybridized carbons (Fsp3) is 0.667. The summed E-state index contributed by atoms with van der Waals surface area (Å²) in [5, 5.41) is 10.3. The number of nitrogens with one attached hydrogen (secondary N) is 1. The molecule has 0 bridgehead atoms. The lowest BCUT2D eigenvalue weighted by Gasteiger charge is -2.27. The van der Waals surface area contributed by atoms with E-state index in [9.17, 15) is 9.59 Å². The van der Waals surface area contributed by atoms with Crippen molar-refractivity contribution in [1.82, 2.24) is 25.0 Å². The zero-order valence-corrected chi connectivity index (χ0v) is 11.7. The molecule has 2 rings (SSSR count). The van der Waals surface area contributed by atoms with Gasteiger partial charge in [-0.15, -0.1) is 10.2 Å². The number of nitrogens with two attached hydrogens (primary N) is 1. The Labute approximate surface area is 117 Å². The van der Waals surface area contributed by atoms with Gasteiger partial charge in [0.1, 0.15) is 6.33 Å². The highest BCUT2D eigenvalue weighted by atomic mass is 16.2. The maximum atomic E-state index is 12.0. The Balaban J connectivity index is 1.83. The summed E-state index contributed by atoms with van der Waals surface area (Å²) >= 11 is 0. The Hall–Kier alpha value is -1.96. The van der Waals surface area contributed by atoms with E-state index >= 15 is 0 Å². The van der Waals surface area contributed by atoms with Crippen LogP contribution in [-0.4, -0.2) is 50.6 Å². The molecule has 1 aliphatic rings. The quantitative estimate of drug-likeness (QED) is 0.714. The van der Waals surface area contributed by atoms with E-state index in [2.05, 4.69) is 15.5 Å². The first kappa shape index (κ1) is 14.4. The minimum atomic E-state index is -0.591. The van der Waals surface area contributed by atoms with Crippen LogP contribution >= 0.6 is 0 Å². The van der Waals surface area contributed by atoms with Crippen molar-refractivity contribution in [3.63, 3.8) is 0 Å². The molecule has 3 N–H and O–H groups in total. The highest BCUT2D eigenvalue weighted by Gasteiger charge is 2.23. The number of hydrogen-bond acceptors (Lipinski definition) is 5. The smallest absolute Gasteiger partial charge is 0.242 e. The maximum Gasteiger partial charge on any atom is 0.242 e. The van der Waals surface area contributed by atoms with Crippen LogP contribution in [0.15, 0.2) is 6.33 Å². The first-order chi connectivity index (χ1) is 9.49. The van der Waals surface area contributed by atoms with E-state index in [1.165, 1.54) is 0 Å². The van der Waals surface area contributed by atoms with Crippen LogP contribution in [0, 0.1) is 5.92 Å².